The Balaban J connectivity index is 2.02. The van der Waals surface area contributed by atoms with E-state index in [1.807, 2.05) is 29.3 Å². The number of hydrogen-bond donors (Lipinski definition) is 1. The second-order valence-corrected chi connectivity index (χ2v) is 4.85. The average Bonchev–Trinajstić information content (AvgIpc) is 2.84. The van der Waals surface area contributed by atoms with Gasteiger partial charge >= 0.3 is 0 Å². The van der Waals surface area contributed by atoms with E-state index in [0.717, 1.165) is 18.7 Å². The Bertz CT molecular complexity index is 472. The summed E-state index contributed by atoms with van der Waals surface area (Å²) in [5.41, 5.74) is 2.53. The van der Waals surface area contributed by atoms with Gasteiger partial charge in [0.05, 0.1) is 11.7 Å². The van der Waals surface area contributed by atoms with E-state index in [1.54, 1.807) is 0 Å². The molecule has 3 nitrogen and oxygen atoms in total. The van der Waals surface area contributed by atoms with E-state index >= 15 is 0 Å². The van der Waals surface area contributed by atoms with Crippen LogP contribution in [0.3, 0.4) is 0 Å². The first-order valence-corrected chi connectivity index (χ1v) is 6.02. The van der Waals surface area contributed by atoms with Gasteiger partial charge in [-0.1, -0.05) is 0 Å². The molecule has 4 heteroatoms. The van der Waals surface area contributed by atoms with Crippen LogP contribution in [-0.4, -0.2) is 16.3 Å². The molecule has 15 heavy (non-hydrogen) atoms. The van der Waals surface area contributed by atoms with E-state index in [2.05, 4.69) is 27.9 Å². The summed E-state index contributed by atoms with van der Waals surface area (Å²) < 4.78 is 1.86. The molecule has 1 aliphatic rings. The maximum absolute atomic E-state index is 4.47. The van der Waals surface area contributed by atoms with Gasteiger partial charge in [-0.3, -0.25) is 4.68 Å². The third kappa shape index (κ3) is 1.50. The fourth-order valence-corrected chi connectivity index (χ4v) is 3.02. The Hall–Kier alpha value is -1.13. The van der Waals surface area contributed by atoms with E-state index in [1.165, 1.54) is 10.4 Å². The van der Waals surface area contributed by atoms with Gasteiger partial charge in [0.25, 0.3) is 0 Å². The number of nitrogens with zero attached hydrogens (tertiary/aromatic N) is 2. The molecule has 0 amide bonds. The van der Waals surface area contributed by atoms with E-state index in [4.69, 9.17) is 0 Å². The average molecular weight is 219 g/mol. The van der Waals surface area contributed by atoms with Crippen LogP contribution in [0.1, 0.15) is 22.2 Å². The van der Waals surface area contributed by atoms with Crippen molar-refractivity contribution in [3.8, 4) is 0 Å². The molecule has 0 fully saturated rings. The summed E-state index contributed by atoms with van der Waals surface area (Å²) in [7, 11) is 1.96. The van der Waals surface area contributed by atoms with Crippen LogP contribution >= 0.6 is 11.3 Å². The summed E-state index contributed by atoms with van der Waals surface area (Å²) in [6.45, 7) is 1.05. The number of nitrogens with one attached hydrogen (secondary N) is 1. The van der Waals surface area contributed by atoms with Crippen molar-refractivity contribution in [3.63, 3.8) is 0 Å². The Morgan fingerprint density at radius 2 is 2.47 bits per heavy atom. The molecule has 0 saturated heterocycles. The quantitative estimate of drug-likeness (QED) is 0.791. The molecule has 3 rings (SSSR count). The number of aryl methyl sites for hydroxylation is 1. The van der Waals surface area contributed by atoms with Crippen LogP contribution in [0.15, 0.2) is 23.7 Å². The molecule has 1 unspecified atom stereocenters. The fraction of sp³-hybridized carbons (Fsp3) is 0.364. The van der Waals surface area contributed by atoms with Gasteiger partial charge in [-0.05, 0) is 29.5 Å². The first-order valence-electron chi connectivity index (χ1n) is 5.14. The van der Waals surface area contributed by atoms with Gasteiger partial charge in [0.15, 0.2) is 0 Å². The number of hydrogen-bond acceptors (Lipinski definition) is 3. The summed E-state index contributed by atoms with van der Waals surface area (Å²) in [5.74, 6) is 0. The summed E-state index contributed by atoms with van der Waals surface area (Å²) in [5, 5.41) is 10.2. The third-order valence-electron chi connectivity index (χ3n) is 2.82. The van der Waals surface area contributed by atoms with Gasteiger partial charge in [0.2, 0.25) is 0 Å². The van der Waals surface area contributed by atoms with Crippen molar-refractivity contribution in [2.24, 2.45) is 7.05 Å². The largest absolute Gasteiger partial charge is 0.305 e. The molecule has 0 bridgehead atoms. The van der Waals surface area contributed by atoms with Crippen LogP contribution in [0.5, 0.6) is 0 Å². The van der Waals surface area contributed by atoms with Crippen LogP contribution in [-0.2, 0) is 13.5 Å². The zero-order chi connectivity index (χ0) is 10.3. The molecule has 2 aromatic heterocycles. The molecule has 0 spiro atoms. The number of rotatable bonds is 1. The zero-order valence-corrected chi connectivity index (χ0v) is 9.42. The maximum atomic E-state index is 4.47. The minimum absolute atomic E-state index is 0.293. The second-order valence-electron chi connectivity index (χ2n) is 3.85. The molecule has 3 heterocycles. The third-order valence-corrected chi connectivity index (χ3v) is 3.82. The number of thiophene rings is 1. The van der Waals surface area contributed by atoms with Crippen molar-refractivity contribution >= 4 is 11.3 Å². The van der Waals surface area contributed by atoms with Crippen LogP contribution in [0, 0.1) is 0 Å². The molecule has 78 valence electrons. The maximum Gasteiger partial charge on any atom is 0.0839 e. The minimum Gasteiger partial charge on any atom is -0.305 e. The standard InChI is InChI=1S/C11H13N3S/c1-14-6-3-9(13-14)11-8-4-7-15-10(8)2-5-12-11/h3-4,6-7,11-12H,2,5H2,1H3. The molecule has 1 N–H and O–H groups in total. The van der Waals surface area contributed by atoms with Crippen LogP contribution in [0.25, 0.3) is 0 Å². The smallest absolute Gasteiger partial charge is 0.0839 e. The van der Waals surface area contributed by atoms with Crippen molar-refractivity contribution in [2.45, 2.75) is 12.5 Å². The molecule has 2 aromatic rings. The lowest BCUT2D eigenvalue weighted by Crippen LogP contribution is -2.29. The molecule has 0 radical (unpaired) electrons. The lowest BCUT2D eigenvalue weighted by molar-refractivity contribution is 0.554. The summed E-state index contributed by atoms with van der Waals surface area (Å²) >= 11 is 1.86. The van der Waals surface area contributed by atoms with Crippen molar-refractivity contribution in [2.75, 3.05) is 6.54 Å². The highest BCUT2D eigenvalue weighted by Crippen LogP contribution is 2.30. The van der Waals surface area contributed by atoms with Gasteiger partial charge in [0.1, 0.15) is 0 Å². The lowest BCUT2D eigenvalue weighted by atomic mass is 10.00. The Morgan fingerprint density at radius 1 is 1.53 bits per heavy atom. The van der Waals surface area contributed by atoms with Crippen molar-refractivity contribution in [3.05, 3.63) is 39.8 Å². The van der Waals surface area contributed by atoms with Crippen LogP contribution < -0.4 is 5.32 Å². The first-order chi connectivity index (χ1) is 7.34. The highest BCUT2D eigenvalue weighted by molar-refractivity contribution is 7.10. The van der Waals surface area contributed by atoms with Crippen LogP contribution in [0.2, 0.25) is 0 Å². The van der Waals surface area contributed by atoms with Gasteiger partial charge < -0.3 is 5.32 Å². The summed E-state index contributed by atoms with van der Waals surface area (Å²) in [6.07, 6.45) is 3.15. The molecular weight excluding hydrogens is 206 g/mol. The second kappa shape index (κ2) is 3.47. The highest BCUT2D eigenvalue weighted by atomic mass is 32.1. The van der Waals surface area contributed by atoms with E-state index in [0.29, 0.717) is 6.04 Å². The Kier molecular flexibility index (Phi) is 2.11. The molecule has 1 atom stereocenters. The first kappa shape index (κ1) is 9.12. The van der Waals surface area contributed by atoms with Gasteiger partial charge in [-0.2, -0.15) is 5.10 Å². The Labute approximate surface area is 92.7 Å². The SMILES string of the molecule is Cn1ccc(C2NCCc3sccc32)n1. The topological polar surface area (TPSA) is 29.9 Å². The van der Waals surface area contributed by atoms with E-state index < -0.39 is 0 Å². The van der Waals surface area contributed by atoms with Crippen LogP contribution in [0.4, 0.5) is 0 Å². The van der Waals surface area contributed by atoms with E-state index in [-0.39, 0.29) is 0 Å². The van der Waals surface area contributed by atoms with Gasteiger partial charge in [0, 0.05) is 24.7 Å². The lowest BCUT2D eigenvalue weighted by Gasteiger charge is -2.22. The normalized spacial score (nSPS) is 20.2. The zero-order valence-electron chi connectivity index (χ0n) is 8.60. The molecule has 0 aromatic carbocycles. The van der Waals surface area contributed by atoms with E-state index in [9.17, 15) is 0 Å². The predicted molar refractivity (Wildman–Crippen MR) is 61.1 cm³/mol. The summed E-state index contributed by atoms with van der Waals surface area (Å²) in [4.78, 5) is 1.50. The molecular formula is C11H13N3S. The fourth-order valence-electron chi connectivity index (χ4n) is 2.10. The molecule has 0 aliphatic carbocycles. The van der Waals surface area contributed by atoms with Gasteiger partial charge in [-0.25, -0.2) is 0 Å². The minimum atomic E-state index is 0.293. The Morgan fingerprint density at radius 3 is 3.27 bits per heavy atom. The number of aromatic nitrogens is 2. The highest BCUT2D eigenvalue weighted by Gasteiger charge is 2.23. The monoisotopic (exact) mass is 219 g/mol. The van der Waals surface area contributed by atoms with Crippen molar-refractivity contribution in [1.82, 2.24) is 15.1 Å². The predicted octanol–water partition coefficient (Wildman–Crippen LogP) is 1.72. The van der Waals surface area contributed by atoms with Crippen molar-refractivity contribution in [1.29, 1.82) is 0 Å². The molecule has 1 aliphatic heterocycles. The summed E-state index contributed by atoms with van der Waals surface area (Å²) in [6, 6.07) is 4.59. The van der Waals surface area contributed by atoms with Gasteiger partial charge in [-0.15, -0.1) is 11.3 Å². The van der Waals surface area contributed by atoms with Crippen molar-refractivity contribution < 1.29 is 0 Å². The number of fused-ring (bicyclic) bond motifs is 1. The molecule has 0 saturated carbocycles.